The van der Waals surface area contributed by atoms with Crippen molar-refractivity contribution in [2.24, 2.45) is 0 Å². The predicted octanol–water partition coefficient (Wildman–Crippen LogP) is 1.69. The number of unbranched alkanes of at least 4 members (excludes halogenated alkanes) is 18. The lowest BCUT2D eigenvalue weighted by Crippen LogP contribution is -2.66. The Morgan fingerprint density at radius 1 is 0.381 bits per heavy atom. The van der Waals surface area contributed by atoms with Gasteiger partial charge >= 0.3 is 0 Å². The summed E-state index contributed by atoms with van der Waals surface area (Å²) in [5, 5.41) is 105. The fraction of sp³-hybridized carbons (Fsp3) is 1.00. The van der Waals surface area contributed by atoms with Crippen LogP contribution in [0.25, 0.3) is 0 Å². The van der Waals surface area contributed by atoms with E-state index in [1.807, 2.05) is 0 Å². The second kappa shape index (κ2) is 32.9. The van der Waals surface area contributed by atoms with Crippen molar-refractivity contribution in [2.75, 3.05) is 46.2 Å². The molecule has 3 fully saturated rings. The van der Waals surface area contributed by atoms with E-state index in [2.05, 4.69) is 13.8 Å². The Balaban J connectivity index is 1.54. The molecule has 18 heteroatoms. The Bertz CT molecular complexity index is 1080. The van der Waals surface area contributed by atoms with Crippen molar-refractivity contribution in [3.05, 3.63) is 0 Å². The molecule has 18 nitrogen and oxygen atoms in total. The third-order valence-electron chi connectivity index (χ3n) is 12.3. The van der Waals surface area contributed by atoms with Crippen LogP contribution in [-0.4, -0.2) is 196 Å². The molecule has 0 spiro atoms. The summed E-state index contributed by atoms with van der Waals surface area (Å²) in [4.78, 5) is 0. The molecule has 0 radical (unpaired) electrons. The lowest BCUT2D eigenvalue weighted by Gasteiger charge is -2.48. The first-order valence-electron chi connectivity index (χ1n) is 24.2. The van der Waals surface area contributed by atoms with Crippen molar-refractivity contribution in [2.45, 2.75) is 240 Å². The summed E-state index contributed by atoms with van der Waals surface area (Å²) in [6, 6.07) is 0. The minimum atomic E-state index is -1.93. The van der Waals surface area contributed by atoms with Crippen molar-refractivity contribution >= 4 is 0 Å². The van der Waals surface area contributed by atoms with E-state index in [0.29, 0.717) is 13.2 Å². The van der Waals surface area contributed by atoms with Crippen LogP contribution in [0, 0.1) is 0 Å². The number of hydrogen-bond acceptors (Lipinski definition) is 18. The maximum absolute atomic E-state index is 11.3. The van der Waals surface area contributed by atoms with Gasteiger partial charge < -0.3 is 89.0 Å². The van der Waals surface area contributed by atoms with Gasteiger partial charge in [-0.05, 0) is 12.8 Å². The molecule has 3 saturated heterocycles. The van der Waals surface area contributed by atoms with Gasteiger partial charge in [0.2, 0.25) is 0 Å². The second-order valence-corrected chi connectivity index (χ2v) is 17.6. The lowest BCUT2D eigenvalue weighted by atomic mass is 9.96. The Morgan fingerprint density at radius 2 is 0.714 bits per heavy atom. The first-order chi connectivity index (χ1) is 30.5. The zero-order valence-corrected chi connectivity index (χ0v) is 38.1. The highest BCUT2D eigenvalue weighted by molar-refractivity contribution is 4.96. The highest BCUT2D eigenvalue weighted by atomic mass is 16.8. The normalized spacial score (nSPS) is 34.0. The summed E-state index contributed by atoms with van der Waals surface area (Å²) in [5.41, 5.74) is 0. The van der Waals surface area contributed by atoms with Crippen LogP contribution in [-0.2, 0) is 37.9 Å². The molecule has 0 aromatic carbocycles. The molecular weight excluding hydrogens is 828 g/mol. The number of rotatable bonds is 35. The van der Waals surface area contributed by atoms with Crippen LogP contribution in [0.4, 0.5) is 0 Å². The van der Waals surface area contributed by atoms with E-state index in [-0.39, 0.29) is 13.2 Å². The SMILES string of the molecule is CCCCCCCCCCCCOCC(COCCCCCCCCCCCC)O[C@@H]1O[C@H](CO)[C@@H](O[C@H]2O[C@H](CO)[C@@H](O[C@H]3O[C@H](CO)[C@@H](O)[C@H](O)[C@H]3O)[C@H](O)[C@H]2O)[C@H](O)[C@H]1O. The fourth-order valence-electron chi connectivity index (χ4n) is 8.28. The zero-order valence-electron chi connectivity index (χ0n) is 38.1. The van der Waals surface area contributed by atoms with Gasteiger partial charge in [0, 0.05) is 13.2 Å². The number of aliphatic hydroxyl groups is 10. The van der Waals surface area contributed by atoms with Gasteiger partial charge in [-0.2, -0.15) is 0 Å². The van der Waals surface area contributed by atoms with Crippen LogP contribution in [0.5, 0.6) is 0 Å². The third kappa shape index (κ3) is 19.4. The Kier molecular flexibility index (Phi) is 29.6. The van der Waals surface area contributed by atoms with Gasteiger partial charge in [-0.15, -0.1) is 0 Å². The molecule has 63 heavy (non-hydrogen) atoms. The molecule has 10 N–H and O–H groups in total. The van der Waals surface area contributed by atoms with Crippen molar-refractivity contribution in [1.82, 2.24) is 0 Å². The lowest BCUT2D eigenvalue weighted by molar-refractivity contribution is -0.381. The molecule has 3 heterocycles. The number of ether oxygens (including phenoxy) is 8. The predicted molar refractivity (Wildman–Crippen MR) is 229 cm³/mol. The van der Waals surface area contributed by atoms with Gasteiger partial charge in [0.1, 0.15) is 79.4 Å². The van der Waals surface area contributed by atoms with Crippen molar-refractivity contribution in [3.8, 4) is 0 Å². The summed E-state index contributed by atoms with van der Waals surface area (Å²) in [5.74, 6) is 0. The molecule has 0 aromatic heterocycles. The number of aliphatic hydroxyl groups excluding tert-OH is 10. The molecule has 0 aromatic rings. The fourth-order valence-corrected chi connectivity index (χ4v) is 8.28. The monoisotopic (exact) mass is 915 g/mol. The van der Waals surface area contributed by atoms with Gasteiger partial charge in [0.05, 0.1) is 33.0 Å². The highest BCUT2D eigenvalue weighted by Crippen LogP contribution is 2.33. The van der Waals surface area contributed by atoms with E-state index in [1.165, 1.54) is 89.9 Å². The Morgan fingerprint density at radius 3 is 1.11 bits per heavy atom. The highest BCUT2D eigenvalue weighted by Gasteiger charge is 2.53. The summed E-state index contributed by atoms with van der Waals surface area (Å²) in [6.07, 6.45) is -1.52. The largest absolute Gasteiger partial charge is 0.394 e. The van der Waals surface area contributed by atoms with E-state index in [0.717, 1.165) is 38.5 Å². The van der Waals surface area contributed by atoms with E-state index in [9.17, 15) is 51.1 Å². The van der Waals surface area contributed by atoms with Crippen LogP contribution < -0.4 is 0 Å². The van der Waals surface area contributed by atoms with Crippen LogP contribution >= 0.6 is 0 Å². The van der Waals surface area contributed by atoms with E-state index in [1.54, 1.807) is 0 Å². The molecule has 3 aliphatic heterocycles. The summed E-state index contributed by atoms with van der Waals surface area (Å²) >= 11 is 0. The standard InChI is InChI=1S/C45H86O18/c1-3-5-7-9-11-13-15-17-19-21-23-56-28-30(29-57-24-22-20-18-16-14-12-10-8-6-4-2)58-43-39(54)36(51)41(32(26-47)60-43)63-45-40(55)37(52)42(33(27-48)61-45)62-44-38(53)35(50)34(49)31(25-46)59-44/h30-55H,3-29H2,1-2H3/t31-,32-,33-,34-,35+,36-,37-,38-,39-,40-,41-,42-,43-,44-,45-/m1/s1. The molecule has 15 atom stereocenters. The third-order valence-corrected chi connectivity index (χ3v) is 12.3. The van der Waals surface area contributed by atoms with E-state index in [4.69, 9.17) is 37.9 Å². The van der Waals surface area contributed by atoms with Crippen molar-refractivity contribution < 1.29 is 89.0 Å². The average Bonchev–Trinajstić information content (AvgIpc) is 3.28. The zero-order chi connectivity index (χ0) is 46.0. The summed E-state index contributed by atoms with van der Waals surface area (Å²) in [6.45, 7) is 3.46. The van der Waals surface area contributed by atoms with Crippen LogP contribution in [0.15, 0.2) is 0 Å². The average molecular weight is 915 g/mol. The van der Waals surface area contributed by atoms with E-state index >= 15 is 0 Å². The number of hydrogen-bond donors (Lipinski definition) is 10. The minimum absolute atomic E-state index is 0.136. The molecule has 0 bridgehead atoms. The molecule has 3 rings (SSSR count). The smallest absolute Gasteiger partial charge is 0.187 e. The Labute approximate surface area is 375 Å². The van der Waals surface area contributed by atoms with Gasteiger partial charge in [-0.3, -0.25) is 0 Å². The summed E-state index contributed by atoms with van der Waals surface area (Å²) in [7, 11) is 0. The Hall–Kier alpha value is -0.720. The van der Waals surface area contributed by atoms with Gasteiger partial charge in [-0.1, -0.05) is 129 Å². The first-order valence-corrected chi connectivity index (χ1v) is 24.2. The quantitative estimate of drug-likeness (QED) is 0.0405. The molecular formula is C45H86O18. The maximum Gasteiger partial charge on any atom is 0.187 e. The maximum atomic E-state index is 11.3. The molecule has 3 aliphatic rings. The minimum Gasteiger partial charge on any atom is -0.394 e. The second-order valence-electron chi connectivity index (χ2n) is 17.6. The van der Waals surface area contributed by atoms with Crippen molar-refractivity contribution in [1.29, 1.82) is 0 Å². The van der Waals surface area contributed by atoms with Gasteiger partial charge in [-0.25, -0.2) is 0 Å². The molecule has 0 aliphatic carbocycles. The topological polar surface area (TPSA) is 276 Å². The van der Waals surface area contributed by atoms with Crippen LogP contribution in [0.1, 0.15) is 142 Å². The molecule has 0 saturated carbocycles. The van der Waals surface area contributed by atoms with Gasteiger partial charge in [0.15, 0.2) is 18.9 Å². The molecule has 0 amide bonds. The molecule has 0 unspecified atom stereocenters. The van der Waals surface area contributed by atoms with Crippen molar-refractivity contribution in [3.63, 3.8) is 0 Å². The van der Waals surface area contributed by atoms with Gasteiger partial charge in [0.25, 0.3) is 0 Å². The first kappa shape index (κ1) is 56.6. The van der Waals surface area contributed by atoms with E-state index < -0.39 is 118 Å². The summed E-state index contributed by atoms with van der Waals surface area (Å²) < 4.78 is 46.5. The molecule has 374 valence electrons. The van der Waals surface area contributed by atoms with Crippen LogP contribution in [0.2, 0.25) is 0 Å². The van der Waals surface area contributed by atoms with Crippen LogP contribution in [0.3, 0.4) is 0 Å².